The molecule has 2 atom stereocenters. The maximum absolute atomic E-state index is 5.59. The predicted octanol–water partition coefficient (Wildman–Crippen LogP) is 3.32. The Morgan fingerprint density at radius 1 is 1.33 bits per heavy atom. The molecule has 0 radical (unpaired) electrons. The third-order valence-corrected chi connectivity index (χ3v) is 4.43. The Bertz CT molecular complexity index is 452. The van der Waals surface area contributed by atoms with Crippen molar-refractivity contribution in [1.29, 1.82) is 0 Å². The van der Waals surface area contributed by atoms with Crippen LogP contribution >= 0.6 is 0 Å². The molecule has 1 aliphatic carbocycles. The number of nitrogens with one attached hydrogen (secondary N) is 1. The third kappa shape index (κ3) is 3.57. The fourth-order valence-electron chi connectivity index (χ4n) is 3.20. The molecule has 2 rings (SSSR count). The van der Waals surface area contributed by atoms with Crippen LogP contribution in [0.4, 0.5) is 11.6 Å². The Labute approximate surface area is 128 Å². The second-order valence-corrected chi connectivity index (χ2v) is 5.95. The van der Waals surface area contributed by atoms with E-state index in [0.717, 1.165) is 30.4 Å². The normalized spacial score (nSPS) is 21.9. The summed E-state index contributed by atoms with van der Waals surface area (Å²) in [6, 6.07) is 0.529. The fourth-order valence-corrected chi connectivity index (χ4v) is 3.20. The summed E-state index contributed by atoms with van der Waals surface area (Å²) in [5, 5.41) is 3.32. The molecular formula is C16H28N4O. The molecule has 5 heteroatoms. The molecule has 1 aromatic rings. The van der Waals surface area contributed by atoms with Gasteiger partial charge in [-0.25, -0.2) is 9.97 Å². The van der Waals surface area contributed by atoms with Gasteiger partial charge >= 0.3 is 0 Å². The molecule has 0 aromatic carbocycles. The van der Waals surface area contributed by atoms with Gasteiger partial charge in [0, 0.05) is 19.6 Å². The number of hydrogen-bond donors (Lipinski definition) is 1. The summed E-state index contributed by atoms with van der Waals surface area (Å²) in [7, 11) is 3.82. The van der Waals surface area contributed by atoms with Crippen LogP contribution in [0.15, 0.2) is 6.33 Å². The lowest BCUT2D eigenvalue weighted by molar-refractivity contribution is 0.317. The van der Waals surface area contributed by atoms with E-state index >= 15 is 0 Å². The highest BCUT2D eigenvalue weighted by Gasteiger charge is 2.28. The van der Waals surface area contributed by atoms with Crippen molar-refractivity contribution in [1.82, 2.24) is 9.97 Å². The number of methoxy groups -OCH3 is 1. The van der Waals surface area contributed by atoms with Crippen molar-refractivity contribution in [3.63, 3.8) is 0 Å². The van der Waals surface area contributed by atoms with E-state index in [1.54, 1.807) is 13.4 Å². The topological polar surface area (TPSA) is 50.3 Å². The lowest BCUT2D eigenvalue weighted by atomic mass is 9.85. The fraction of sp³-hybridized carbons (Fsp3) is 0.750. The van der Waals surface area contributed by atoms with Gasteiger partial charge in [0.1, 0.15) is 6.33 Å². The lowest BCUT2D eigenvalue weighted by Gasteiger charge is -2.37. The molecule has 1 fully saturated rings. The van der Waals surface area contributed by atoms with Crippen LogP contribution in [-0.4, -0.2) is 36.7 Å². The summed E-state index contributed by atoms with van der Waals surface area (Å²) in [6.07, 6.45) is 7.84. The predicted molar refractivity (Wildman–Crippen MR) is 87.2 cm³/mol. The van der Waals surface area contributed by atoms with Crippen molar-refractivity contribution in [2.45, 2.75) is 52.0 Å². The van der Waals surface area contributed by atoms with Crippen LogP contribution in [0, 0.1) is 5.92 Å². The molecule has 2 unspecified atom stereocenters. The molecular weight excluding hydrogens is 264 g/mol. The van der Waals surface area contributed by atoms with E-state index in [2.05, 4.69) is 41.1 Å². The van der Waals surface area contributed by atoms with Gasteiger partial charge in [0.2, 0.25) is 5.75 Å². The Balaban J connectivity index is 2.24. The van der Waals surface area contributed by atoms with Crippen LogP contribution in [0.1, 0.15) is 46.0 Å². The van der Waals surface area contributed by atoms with Gasteiger partial charge in [-0.1, -0.05) is 26.7 Å². The number of hydrogen-bond acceptors (Lipinski definition) is 5. The molecule has 1 N–H and O–H groups in total. The number of aromatic nitrogens is 2. The molecule has 1 aromatic heterocycles. The van der Waals surface area contributed by atoms with Crippen LogP contribution in [0.3, 0.4) is 0 Å². The summed E-state index contributed by atoms with van der Waals surface area (Å²) in [5.41, 5.74) is 0. The van der Waals surface area contributed by atoms with Crippen LogP contribution < -0.4 is 15.0 Å². The average Bonchev–Trinajstić information content (AvgIpc) is 2.52. The van der Waals surface area contributed by atoms with Gasteiger partial charge in [0.15, 0.2) is 11.6 Å². The zero-order valence-corrected chi connectivity index (χ0v) is 13.7. The molecule has 118 valence electrons. The van der Waals surface area contributed by atoms with Gasteiger partial charge in [-0.15, -0.1) is 0 Å². The maximum Gasteiger partial charge on any atom is 0.204 e. The second-order valence-electron chi connectivity index (χ2n) is 5.95. The van der Waals surface area contributed by atoms with Gasteiger partial charge in [0.05, 0.1) is 7.11 Å². The van der Waals surface area contributed by atoms with E-state index in [0.29, 0.717) is 12.0 Å². The first-order chi connectivity index (χ1) is 10.2. The summed E-state index contributed by atoms with van der Waals surface area (Å²) in [5.74, 6) is 3.13. The number of rotatable bonds is 6. The molecule has 1 aliphatic rings. The first kappa shape index (κ1) is 15.9. The van der Waals surface area contributed by atoms with E-state index < -0.39 is 0 Å². The molecule has 1 heterocycles. The zero-order valence-electron chi connectivity index (χ0n) is 13.7. The van der Waals surface area contributed by atoms with Crippen LogP contribution in [0.5, 0.6) is 5.75 Å². The highest BCUT2D eigenvalue weighted by molar-refractivity contribution is 5.64. The molecule has 0 saturated heterocycles. The highest BCUT2D eigenvalue weighted by Crippen LogP contribution is 2.36. The molecule has 0 amide bonds. The van der Waals surface area contributed by atoms with Crippen molar-refractivity contribution in [2.24, 2.45) is 5.92 Å². The Morgan fingerprint density at radius 2 is 2.10 bits per heavy atom. The van der Waals surface area contributed by atoms with Gasteiger partial charge in [0.25, 0.3) is 0 Å². The summed E-state index contributed by atoms with van der Waals surface area (Å²) < 4.78 is 5.59. The molecule has 5 nitrogen and oxygen atoms in total. The van der Waals surface area contributed by atoms with Crippen LogP contribution in [0.25, 0.3) is 0 Å². The second kappa shape index (κ2) is 7.48. The highest BCUT2D eigenvalue weighted by atomic mass is 16.5. The standard InChI is InChI=1S/C16H28N4O/c1-5-10-17-15-14(21-4)16(19-11-18-15)20(3)13-9-7-6-8-12(13)2/h11-13H,5-10H2,1-4H3,(H,17,18,19). The zero-order chi connectivity index (χ0) is 15.2. The van der Waals surface area contributed by atoms with E-state index in [4.69, 9.17) is 4.74 Å². The van der Waals surface area contributed by atoms with E-state index in [9.17, 15) is 0 Å². The molecule has 0 bridgehead atoms. The van der Waals surface area contributed by atoms with E-state index in [1.165, 1.54) is 25.7 Å². The van der Waals surface area contributed by atoms with Gasteiger partial charge in [-0.2, -0.15) is 0 Å². The van der Waals surface area contributed by atoms with Gasteiger partial charge in [-0.3, -0.25) is 0 Å². The smallest absolute Gasteiger partial charge is 0.204 e. The number of nitrogens with zero attached hydrogens (tertiary/aromatic N) is 3. The largest absolute Gasteiger partial charge is 0.490 e. The molecule has 0 aliphatic heterocycles. The lowest BCUT2D eigenvalue weighted by Crippen LogP contribution is -2.39. The minimum atomic E-state index is 0.529. The van der Waals surface area contributed by atoms with Gasteiger partial charge in [-0.05, 0) is 25.2 Å². The van der Waals surface area contributed by atoms with Crippen molar-refractivity contribution in [2.75, 3.05) is 30.9 Å². The quantitative estimate of drug-likeness (QED) is 0.871. The van der Waals surface area contributed by atoms with Crippen molar-refractivity contribution in [3.8, 4) is 5.75 Å². The molecule has 21 heavy (non-hydrogen) atoms. The Morgan fingerprint density at radius 3 is 2.76 bits per heavy atom. The van der Waals surface area contributed by atoms with Crippen LogP contribution in [-0.2, 0) is 0 Å². The summed E-state index contributed by atoms with van der Waals surface area (Å²) in [6.45, 7) is 5.36. The first-order valence-electron chi connectivity index (χ1n) is 8.04. The van der Waals surface area contributed by atoms with Crippen molar-refractivity contribution in [3.05, 3.63) is 6.33 Å². The first-order valence-corrected chi connectivity index (χ1v) is 8.04. The molecule has 1 saturated carbocycles. The molecule has 0 spiro atoms. The van der Waals surface area contributed by atoms with E-state index in [1.807, 2.05) is 0 Å². The Kier molecular flexibility index (Phi) is 5.65. The van der Waals surface area contributed by atoms with E-state index in [-0.39, 0.29) is 0 Å². The SMILES string of the molecule is CCCNc1ncnc(N(C)C2CCCCC2C)c1OC. The average molecular weight is 292 g/mol. The summed E-state index contributed by atoms with van der Waals surface area (Å²) in [4.78, 5) is 11.1. The van der Waals surface area contributed by atoms with Crippen molar-refractivity contribution >= 4 is 11.6 Å². The minimum absolute atomic E-state index is 0.529. The Hall–Kier alpha value is -1.52. The van der Waals surface area contributed by atoms with Crippen LogP contribution in [0.2, 0.25) is 0 Å². The minimum Gasteiger partial charge on any atom is -0.490 e. The number of anilines is 2. The summed E-state index contributed by atoms with van der Waals surface area (Å²) >= 11 is 0. The monoisotopic (exact) mass is 292 g/mol. The van der Waals surface area contributed by atoms with Crippen molar-refractivity contribution < 1.29 is 4.74 Å². The maximum atomic E-state index is 5.59. The number of ether oxygens (including phenoxy) is 1. The van der Waals surface area contributed by atoms with Gasteiger partial charge < -0.3 is 15.0 Å². The third-order valence-electron chi connectivity index (χ3n) is 4.43.